The molecule has 0 saturated heterocycles. The Balaban J connectivity index is 1.71. The summed E-state index contributed by atoms with van der Waals surface area (Å²) in [6, 6.07) is 27.1. The summed E-state index contributed by atoms with van der Waals surface area (Å²) in [6.45, 7) is 4.50. The van der Waals surface area contributed by atoms with Crippen molar-refractivity contribution in [1.82, 2.24) is 0 Å². The van der Waals surface area contributed by atoms with E-state index in [4.69, 9.17) is 10.5 Å². The van der Waals surface area contributed by atoms with Crippen LogP contribution < -0.4 is 10.5 Å². The highest BCUT2D eigenvalue weighted by Crippen LogP contribution is 2.33. The summed E-state index contributed by atoms with van der Waals surface area (Å²) in [4.78, 5) is 11.7. The van der Waals surface area contributed by atoms with Crippen LogP contribution in [0.3, 0.4) is 0 Å². The summed E-state index contributed by atoms with van der Waals surface area (Å²) in [5, 5.41) is 9.57. The minimum atomic E-state index is -0.951. The van der Waals surface area contributed by atoms with E-state index in [0.717, 1.165) is 39.1 Å². The summed E-state index contributed by atoms with van der Waals surface area (Å²) >= 11 is 0. The summed E-state index contributed by atoms with van der Waals surface area (Å²) in [7, 11) is 0. The number of carboxylic acids is 1. The van der Waals surface area contributed by atoms with Gasteiger partial charge in [0.25, 0.3) is 0 Å². The highest BCUT2D eigenvalue weighted by molar-refractivity contribution is 5.96. The lowest BCUT2D eigenvalue weighted by atomic mass is 9.98. The van der Waals surface area contributed by atoms with Gasteiger partial charge in [-0.2, -0.15) is 0 Å². The van der Waals surface area contributed by atoms with E-state index in [1.54, 1.807) is 12.1 Å². The maximum absolute atomic E-state index is 11.7. The van der Waals surface area contributed by atoms with Crippen LogP contribution in [0.4, 0.5) is 0 Å². The van der Waals surface area contributed by atoms with Crippen molar-refractivity contribution in [3.63, 3.8) is 0 Å². The number of nitrogens with two attached hydrogens (primary N) is 1. The standard InChI is InChI=1S/C28H25NO3/c1-18-10-22(21-7-5-6-20(14-21)17-29)15-24(12-18)32-25-13-19(2)11-23(16-25)26-8-3-4-9-27(26)28(30)31/h3-16H,17,29H2,1-2H3,(H,30,31). The molecule has 4 rings (SSSR count). The van der Waals surface area contributed by atoms with E-state index in [9.17, 15) is 9.90 Å². The van der Waals surface area contributed by atoms with Crippen molar-refractivity contribution in [3.05, 3.63) is 107 Å². The van der Waals surface area contributed by atoms with Gasteiger partial charge in [0, 0.05) is 6.54 Å². The molecule has 4 aromatic carbocycles. The van der Waals surface area contributed by atoms with Crippen molar-refractivity contribution in [2.24, 2.45) is 5.73 Å². The van der Waals surface area contributed by atoms with Gasteiger partial charge in [0.1, 0.15) is 11.5 Å². The average Bonchev–Trinajstić information content (AvgIpc) is 2.78. The van der Waals surface area contributed by atoms with Gasteiger partial charge < -0.3 is 15.6 Å². The van der Waals surface area contributed by atoms with Gasteiger partial charge >= 0.3 is 5.97 Å². The number of carbonyl (C=O) groups is 1. The van der Waals surface area contributed by atoms with E-state index in [1.165, 1.54) is 0 Å². The third-order valence-electron chi connectivity index (χ3n) is 5.30. The fourth-order valence-corrected chi connectivity index (χ4v) is 3.87. The third kappa shape index (κ3) is 4.71. The van der Waals surface area contributed by atoms with Crippen molar-refractivity contribution in [3.8, 4) is 33.8 Å². The molecule has 0 amide bonds. The summed E-state index contributed by atoms with van der Waals surface area (Å²) in [5.41, 5.74) is 12.8. The zero-order valence-corrected chi connectivity index (χ0v) is 18.1. The average molecular weight is 424 g/mol. The molecule has 0 radical (unpaired) electrons. The lowest BCUT2D eigenvalue weighted by Crippen LogP contribution is -1.99. The molecular weight excluding hydrogens is 398 g/mol. The Morgan fingerprint density at radius 1 is 0.781 bits per heavy atom. The number of carboxylic acid groups (broad SMARTS) is 1. The lowest BCUT2D eigenvalue weighted by Gasteiger charge is -2.13. The Kier molecular flexibility index (Phi) is 6.06. The van der Waals surface area contributed by atoms with Crippen LogP contribution in [0.15, 0.2) is 84.9 Å². The quantitative estimate of drug-likeness (QED) is 0.367. The molecule has 0 aliphatic rings. The number of benzene rings is 4. The van der Waals surface area contributed by atoms with Crippen molar-refractivity contribution >= 4 is 5.97 Å². The van der Waals surface area contributed by atoms with Crippen LogP contribution in [0.5, 0.6) is 11.5 Å². The maximum atomic E-state index is 11.7. The summed E-state index contributed by atoms with van der Waals surface area (Å²) in [6.07, 6.45) is 0. The number of hydrogen-bond acceptors (Lipinski definition) is 3. The molecule has 32 heavy (non-hydrogen) atoms. The molecule has 4 nitrogen and oxygen atoms in total. The molecule has 0 aromatic heterocycles. The molecule has 0 heterocycles. The van der Waals surface area contributed by atoms with Crippen LogP contribution in [-0.2, 0) is 6.54 Å². The largest absolute Gasteiger partial charge is 0.478 e. The molecule has 0 unspecified atom stereocenters. The van der Waals surface area contributed by atoms with Crippen molar-refractivity contribution < 1.29 is 14.6 Å². The molecular formula is C28H25NO3. The second kappa shape index (κ2) is 9.08. The number of aromatic carboxylic acids is 1. The van der Waals surface area contributed by atoms with Crippen LogP contribution in [-0.4, -0.2) is 11.1 Å². The molecule has 0 saturated carbocycles. The Bertz CT molecular complexity index is 1290. The smallest absolute Gasteiger partial charge is 0.336 e. The molecule has 0 aliphatic carbocycles. The molecule has 4 heteroatoms. The van der Waals surface area contributed by atoms with Crippen LogP contribution in [0.1, 0.15) is 27.0 Å². The Morgan fingerprint density at radius 2 is 1.44 bits per heavy atom. The first-order valence-corrected chi connectivity index (χ1v) is 10.5. The van der Waals surface area contributed by atoms with Crippen LogP contribution in [0, 0.1) is 13.8 Å². The SMILES string of the molecule is Cc1cc(Oc2cc(C)cc(-c3ccccc3C(=O)O)c2)cc(-c2cccc(CN)c2)c1. The molecule has 160 valence electrons. The molecule has 4 aromatic rings. The normalized spacial score (nSPS) is 10.7. The Morgan fingerprint density at radius 3 is 2.12 bits per heavy atom. The van der Waals surface area contributed by atoms with E-state index in [1.807, 2.05) is 68.4 Å². The van der Waals surface area contributed by atoms with Crippen LogP contribution in [0.25, 0.3) is 22.3 Å². The fraction of sp³-hybridized carbons (Fsp3) is 0.107. The maximum Gasteiger partial charge on any atom is 0.336 e. The molecule has 0 aliphatic heterocycles. The highest BCUT2D eigenvalue weighted by Gasteiger charge is 2.13. The van der Waals surface area contributed by atoms with E-state index in [2.05, 4.69) is 18.2 Å². The minimum Gasteiger partial charge on any atom is -0.478 e. The molecule has 0 atom stereocenters. The van der Waals surface area contributed by atoms with Gasteiger partial charge in [-0.25, -0.2) is 4.79 Å². The van der Waals surface area contributed by atoms with Crippen molar-refractivity contribution in [2.75, 3.05) is 0 Å². The third-order valence-corrected chi connectivity index (χ3v) is 5.30. The van der Waals surface area contributed by atoms with E-state index in [-0.39, 0.29) is 5.56 Å². The lowest BCUT2D eigenvalue weighted by molar-refractivity contribution is 0.0697. The first kappa shape index (κ1) is 21.3. The Hall–Kier alpha value is -3.89. The minimum absolute atomic E-state index is 0.265. The summed E-state index contributed by atoms with van der Waals surface area (Å²) in [5.74, 6) is 0.432. The van der Waals surface area contributed by atoms with Gasteiger partial charge in [-0.05, 0) is 89.2 Å². The van der Waals surface area contributed by atoms with Gasteiger partial charge in [-0.15, -0.1) is 0 Å². The van der Waals surface area contributed by atoms with Gasteiger partial charge in [0.15, 0.2) is 0 Å². The molecule has 0 fully saturated rings. The van der Waals surface area contributed by atoms with E-state index >= 15 is 0 Å². The predicted octanol–water partition coefficient (Wildman–Crippen LogP) is 6.59. The number of aryl methyl sites for hydroxylation is 2. The summed E-state index contributed by atoms with van der Waals surface area (Å²) < 4.78 is 6.25. The van der Waals surface area contributed by atoms with Gasteiger partial charge in [-0.1, -0.05) is 48.5 Å². The van der Waals surface area contributed by atoms with Gasteiger partial charge in [0.05, 0.1) is 5.56 Å². The second-order valence-corrected chi connectivity index (χ2v) is 7.93. The van der Waals surface area contributed by atoms with Crippen molar-refractivity contribution in [2.45, 2.75) is 20.4 Å². The fourth-order valence-electron chi connectivity index (χ4n) is 3.87. The number of rotatable bonds is 6. The van der Waals surface area contributed by atoms with Gasteiger partial charge in [0.2, 0.25) is 0 Å². The Labute approximate surface area is 187 Å². The molecule has 3 N–H and O–H groups in total. The first-order chi connectivity index (χ1) is 15.4. The second-order valence-electron chi connectivity index (χ2n) is 7.93. The topological polar surface area (TPSA) is 72.5 Å². The van der Waals surface area contributed by atoms with Crippen LogP contribution >= 0.6 is 0 Å². The predicted molar refractivity (Wildman–Crippen MR) is 128 cm³/mol. The molecule has 0 bridgehead atoms. The monoisotopic (exact) mass is 423 g/mol. The van der Waals surface area contributed by atoms with Crippen LogP contribution in [0.2, 0.25) is 0 Å². The molecule has 0 spiro atoms. The first-order valence-electron chi connectivity index (χ1n) is 10.5. The zero-order chi connectivity index (χ0) is 22.7. The zero-order valence-electron chi connectivity index (χ0n) is 18.1. The van der Waals surface area contributed by atoms with Crippen molar-refractivity contribution in [1.29, 1.82) is 0 Å². The highest BCUT2D eigenvalue weighted by atomic mass is 16.5. The number of ether oxygens (including phenoxy) is 1. The van der Waals surface area contributed by atoms with Gasteiger partial charge in [-0.3, -0.25) is 0 Å². The van der Waals surface area contributed by atoms with E-state index < -0.39 is 5.97 Å². The number of hydrogen-bond donors (Lipinski definition) is 2. The van der Waals surface area contributed by atoms with E-state index in [0.29, 0.717) is 17.9 Å².